The number of amides is 1. The van der Waals surface area contributed by atoms with E-state index in [-0.39, 0.29) is 12.0 Å². The lowest BCUT2D eigenvalue weighted by atomic mass is 9.93. The standard InChI is InChI=1S/C13H24N2O3/c16-12-3-1-11(2-4-12)14-6-5-13(17)15-7-9-18-10-8-15/h11-12,14,16H,1-10H2. The Balaban J connectivity index is 1.58. The molecule has 1 amide bonds. The van der Waals surface area contributed by atoms with Gasteiger partial charge in [0.15, 0.2) is 0 Å². The Kier molecular flexibility index (Phi) is 5.41. The second kappa shape index (κ2) is 7.07. The summed E-state index contributed by atoms with van der Waals surface area (Å²) in [5.41, 5.74) is 0. The van der Waals surface area contributed by atoms with E-state index >= 15 is 0 Å². The first-order chi connectivity index (χ1) is 8.75. The Labute approximate surface area is 108 Å². The van der Waals surface area contributed by atoms with Crippen LogP contribution in [0.5, 0.6) is 0 Å². The molecule has 2 rings (SSSR count). The SMILES string of the molecule is O=C(CCNC1CCC(O)CC1)N1CCOCC1. The molecule has 0 bridgehead atoms. The van der Waals surface area contributed by atoms with Crippen LogP contribution >= 0.6 is 0 Å². The molecule has 2 aliphatic rings. The number of hydrogen-bond acceptors (Lipinski definition) is 4. The second-order valence-corrected chi connectivity index (χ2v) is 5.20. The predicted octanol–water partition coefficient (Wildman–Crippen LogP) is 0.128. The van der Waals surface area contributed by atoms with E-state index in [2.05, 4.69) is 5.32 Å². The van der Waals surface area contributed by atoms with Crippen LogP contribution in [0.15, 0.2) is 0 Å². The lowest BCUT2D eigenvalue weighted by Crippen LogP contribution is -2.42. The average Bonchev–Trinajstić information content (AvgIpc) is 2.42. The van der Waals surface area contributed by atoms with E-state index in [1.54, 1.807) is 0 Å². The monoisotopic (exact) mass is 256 g/mol. The Morgan fingerprint density at radius 3 is 2.56 bits per heavy atom. The minimum absolute atomic E-state index is 0.113. The molecule has 18 heavy (non-hydrogen) atoms. The first kappa shape index (κ1) is 13.8. The molecule has 0 unspecified atom stereocenters. The number of aliphatic hydroxyl groups is 1. The first-order valence-electron chi connectivity index (χ1n) is 7.02. The summed E-state index contributed by atoms with van der Waals surface area (Å²) >= 11 is 0. The molecule has 1 aliphatic heterocycles. The number of nitrogens with zero attached hydrogens (tertiary/aromatic N) is 1. The Morgan fingerprint density at radius 2 is 1.89 bits per heavy atom. The normalized spacial score (nSPS) is 29.3. The average molecular weight is 256 g/mol. The molecular formula is C13H24N2O3. The molecule has 1 heterocycles. The fourth-order valence-corrected chi connectivity index (χ4v) is 2.63. The van der Waals surface area contributed by atoms with Gasteiger partial charge in [0, 0.05) is 32.1 Å². The highest BCUT2D eigenvalue weighted by Gasteiger charge is 2.20. The molecule has 1 saturated carbocycles. The van der Waals surface area contributed by atoms with Crippen LogP contribution in [-0.2, 0) is 9.53 Å². The molecule has 0 spiro atoms. The molecule has 0 aromatic heterocycles. The third kappa shape index (κ3) is 4.23. The largest absolute Gasteiger partial charge is 0.393 e. The zero-order valence-electron chi connectivity index (χ0n) is 10.9. The van der Waals surface area contributed by atoms with E-state index in [1.165, 1.54) is 0 Å². The van der Waals surface area contributed by atoms with E-state index in [4.69, 9.17) is 4.74 Å². The summed E-state index contributed by atoms with van der Waals surface area (Å²) in [6, 6.07) is 0.478. The summed E-state index contributed by atoms with van der Waals surface area (Å²) in [4.78, 5) is 13.8. The van der Waals surface area contributed by atoms with Crippen LogP contribution in [0.1, 0.15) is 32.1 Å². The van der Waals surface area contributed by atoms with Gasteiger partial charge in [-0.2, -0.15) is 0 Å². The van der Waals surface area contributed by atoms with E-state index < -0.39 is 0 Å². The maximum Gasteiger partial charge on any atom is 0.224 e. The highest BCUT2D eigenvalue weighted by Crippen LogP contribution is 2.18. The Bertz CT molecular complexity index is 259. The molecule has 5 heteroatoms. The van der Waals surface area contributed by atoms with Gasteiger partial charge in [0.05, 0.1) is 19.3 Å². The maximum atomic E-state index is 11.9. The van der Waals surface area contributed by atoms with E-state index in [1.807, 2.05) is 4.90 Å². The third-order valence-corrected chi connectivity index (χ3v) is 3.83. The molecule has 0 aromatic carbocycles. The van der Waals surface area contributed by atoms with E-state index in [0.717, 1.165) is 45.3 Å². The Hall–Kier alpha value is -0.650. The molecule has 1 saturated heterocycles. The zero-order chi connectivity index (χ0) is 12.8. The van der Waals surface area contributed by atoms with Gasteiger partial charge in [-0.05, 0) is 25.7 Å². The molecular weight excluding hydrogens is 232 g/mol. The predicted molar refractivity (Wildman–Crippen MR) is 68.3 cm³/mol. The van der Waals surface area contributed by atoms with Gasteiger partial charge in [0.1, 0.15) is 0 Å². The highest BCUT2D eigenvalue weighted by atomic mass is 16.5. The van der Waals surface area contributed by atoms with E-state index in [9.17, 15) is 9.90 Å². The highest BCUT2D eigenvalue weighted by molar-refractivity contribution is 5.76. The quantitative estimate of drug-likeness (QED) is 0.750. The molecule has 104 valence electrons. The molecule has 2 N–H and O–H groups in total. The van der Waals surface area contributed by atoms with Crippen LogP contribution in [0.25, 0.3) is 0 Å². The molecule has 2 fully saturated rings. The summed E-state index contributed by atoms with van der Waals surface area (Å²) in [5, 5.41) is 12.8. The third-order valence-electron chi connectivity index (χ3n) is 3.83. The fraction of sp³-hybridized carbons (Fsp3) is 0.923. The van der Waals surface area contributed by atoms with Crippen molar-refractivity contribution < 1.29 is 14.6 Å². The fourth-order valence-electron chi connectivity index (χ4n) is 2.63. The van der Waals surface area contributed by atoms with Crippen molar-refractivity contribution in [2.75, 3.05) is 32.8 Å². The lowest BCUT2D eigenvalue weighted by molar-refractivity contribution is -0.135. The summed E-state index contributed by atoms with van der Waals surface area (Å²) in [7, 11) is 0. The molecule has 5 nitrogen and oxygen atoms in total. The molecule has 0 aromatic rings. The van der Waals surface area contributed by atoms with Crippen LogP contribution in [0.2, 0.25) is 0 Å². The van der Waals surface area contributed by atoms with Crippen LogP contribution < -0.4 is 5.32 Å². The second-order valence-electron chi connectivity index (χ2n) is 5.20. The van der Waals surface area contributed by atoms with Crippen molar-refractivity contribution in [2.45, 2.75) is 44.2 Å². The van der Waals surface area contributed by atoms with Crippen molar-refractivity contribution in [3.8, 4) is 0 Å². The van der Waals surface area contributed by atoms with E-state index in [0.29, 0.717) is 25.7 Å². The van der Waals surface area contributed by atoms with Gasteiger partial charge >= 0.3 is 0 Å². The minimum atomic E-state index is -0.113. The topological polar surface area (TPSA) is 61.8 Å². The number of carbonyl (C=O) groups excluding carboxylic acids is 1. The van der Waals surface area contributed by atoms with Gasteiger partial charge in [0.2, 0.25) is 5.91 Å². The van der Waals surface area contributed by atoms with Gasteiger partial charge in [0.25, 0.3) is 0 Å². The van der Waals surface area contributed by atoms with Crippen LogP contribution in [0, 0.1) is 0 Å². The summed E-state index contributed by atoms with van der Waals surface area (Å²) in [6.07, 6.45) is 4.27. The minimum Gasteiger partial charge on any atom is -0.393 e. The smallest absolute Gasteiger partial charge is 0.224 e. The van der Waals surface area contributed by atoms with Crippen molar-refractivity contribution in [3.05, 3.63) is 0 Å². The maximum absolute atomic E-state index is 11.9. The summed E-state index contributed by atoms with van der Waals surface area (Å²) in [5.74, 6) is 0.224. The van der Waals surface area contributed by atoms with Crippen LogP contribution in [-0.4, -0.2) is 60.9 Å². The van der Waals surface area contributed by atoms with Gasteiger partial charge in [-0.25, -0.2) is 0 Å². The number of nitrogens with one attached hydrogen (secondary N) is 1. The van der Waals surface area contributed by atoms with Crippen LogP contribution in [0.4, 0.5) is 0 Å². The van der Waals surface area contributed by atoms with Crippen molar-refractivity contribution in [1.29, 1.82) is 0 Å². The van der Waals surface area contributed by atoms with Gasteiger partial charge in [-0.15, -0.1) is 0 Å². The van der Waals surface area contributed by atoms with Gasteiger partial charge < -0.3 is 20.1 Å². The molecule has 1 aliphatic carbocycles. The number of ether oxygens (including phenoxy) is 1. The van der Waals surface area contributed by atoms with Gasteiger partial charge in [-0.3, -0.25) is 4.79 Å². The van der Waals surface area contributed by atoms with Crippen molar-refractivity contribution in [3.63, 3.8) is 0 Å². The van der Waals surface area contributed by atoms with Crippen LogP contribution in [0.3, 0.4) is 0 Å². The van der Waals surface area contributed by atoms with Crippen molar-refractivity contribution in [2.24, 2.45) is 0 Å². The zero-order valence-corrected chi connectivity index (χ0v) is 10.9. The number of aliphatic hydroxyl groups excluding tert-OH is 1. The molecule has 0 radical (unpaired) electrons. The summed E-state index contributed by atoms with van der Waals surface area (Å²) in [6.45, 7) is 3.54. The Morgan fingerprint density at radius 1 is 1.22 bits per heavy atom. The number of rotatable bonds is 4. The number of morpholine rings is 1. The number of carbonyl (C=O) groups is 1. The molecule has 0 atom stereocenters. The lowest BCUT2D eigenvalue weighted by Gasteiger charge is -2.28. The first-order valence-corrected chi connectivity index (χ1v) is 7.02. The van der Waals surface area contributed by atoms with Gasteiger partial charge in [-0.1, -0.05) is 0 Å². The van der Waals surface area contributed by atoms with Crippen molar-refractivity contribution >= 4 is 5.91 Å². The van der Waals surface area contributed by atoms with Crippen molar-refractivity contribution in [1.82, 2.24) is 10.2 Å². The summed E-state index contributed by atoms with van der Waals surface area (Å²) < 4.78 is 5.23. The number of hydrogen-bond donors (Lipinski definition) is 2.